The molecule has 100 valence electrons. The molecule has 0 aliphatic carbocycles. The Balaban J connectivity index is 1.69. The molecule has 1 aliphatic rings. The largest absolute Gasteiger partial charge is 0.309 e. The maximum atomic E-state index is 12.1. The molecule has 1 saturated heterocycles. The van der Waals surface area contributed by atoms with E-state index < -0.39 is 0 Å². The van der Waals surface area contributed by atoms with Crippen LogP contribution in [0.5, 0.6) is 0 Å². The van der Waals surface area contributed by atoms with Crippen LogP contribution in [0, 0.1) is 6.92 Å². The summed E-state index contributed by atoms with van der Waals surface area (Å²) in [5.74, 6) is 0.470. The van der Waals surface area contributed by atoms with Gasteiger partial charge in [-0.2, -0.15) is 5.10 Å². The quantitative estimate of drug-likeness (QED) is 0.806. The van der Waals surface area contributed by atoms with E-state index in [0.717, 1.165) is 23.5 Å². The van der Waals surface area contributed by atoms with Gasteiger partial charge in [-0.3, -0.25) is 9.89 Å². The minimum absolute atomic E-state index is 0.0965. The van der Waals surface area contributed by atoms with Gasteiger partial charge in [-0.1, -0.05) is 0 Å². The monoisotopic (exact) mass is 276 g/mol. The van der Waals surface area contributed by atoms with E-state index in [-0.39, 0.29) is 5.91 Å². The van der Waals surface area contributed by atoms with Crippen LogP contribution in [-0.4, -0.2) is 22.6 Å². The van der Waals surface area contributed by atoms with Gasteiger partial charge in [0, 0.05) is 22.7 Å². The third kappa shape index (κ3) is 2.69. The lowest BCUT2D eigenvalue weighted by molar-refractivity contribution is 0.103. The van der Waals surface area contributed by atoms with Gasteiger partial charge in [0.1, 0.15) is 0 Å². The molecular formula is C13H16N4OS. The lowest BCUT2D eigenvalue weighted by Crippen LogP contribution is -2.11. The van der Waals surface area contributed by atoms with Gasteiger partial charge in [0.15, 0.2) is 5.82 Å². The summed E-state index contributed by atoms with van der Waals surface area (Å²) < 4.78 is 0. The Kier molecular flexibility index (Phi) is 3.35. The molecular weight excluding hydrogens is 260 g/mol. The first-order valence-corrected chi connectivity index (χ1v) is 7.20. The fraction of sp³-hybridized carbons (Fsp3) is 0.385. The molecule has 2 aromatic rings. The fourth-order valence-corrected chi connectivity index (χ4v) is 3.26. The van der Waals surface area contributed by atoms with Crippen LogP contribution < -0.4 is 10.6 Å². The van der Waals surface area contributed by atoms with Crippen LogP contribution in [0.2, 0.25) is 0 Å². The van der Waals surface area contributed by atoms with E-state index in [4.69, 9.17) is 0 Å². The van der Waals surface area contributed by atoms with E-state index >= 15 is 0 Å². The van der Waals surface area contributed by atoms with E-state index in [9.17, 15) is 4.79 Å². The molecule has 3 heterocycles. The molecule has 1 amide bonds. The minimum Gasteiger partial charge on any atom is -0.309 e. The van der Waals surface area contributed by atoms with Crippen molar-refractivity contribution in [3.8, 4) is 0 Å². The van der Waals surface area contributed by atoms with Gasteiger partial charge in [-0.05, 0) is 38.4 Å². The summed E-state index contributed by atoms with van der Waals surface area (Å²) in [5, 5.41) is 13.0. The summed E-state index contributed by atoms with van der Waals surface area (Å²) in [4.78, 5) is 14.0. The van der Waals surface area contributed by atoms with Gasteiger partial charge in [0.05, 0.1) is 4.88 Å². The Bertz CT molecular complexity index is 583. The first-order valence-electron chi connectivity index (χ1n) is 6.39. The number of hydrogen-bond acceptors (Lipinski definition) is 4. The molecule has 2 aromatic heterocycles. The van der Waals surface area contributed by atoms with Gasteiger partial charge in [0.2, 0.25) is 0 Å². The molecule has 6 heteroatoms. The van der Waals surface area contributed by atoms with Gasteiger partial charge in [-0.15, -0.1) is 11.3 Å². The highest BCUT2D eigenvalue weighted by atomic mass is 32.1. The van der Waals surface area contributed by atoms with Crippen molar-refractivity contribution in [2.24, 2.45) is 0 Å². The smallest absolute Gasteiger partial charge is 0.266 e. The van der Waals surface area contributed by atoms with Crippen LogP contribution in [0.25, 0.3) is 0 Å². The number of carbonyl (C=O) groups is 1. The van der Waals surface area contributed by atoms with Crippen LogP contribution >= 0.6 is 11.3 Å². The molecule has 0 spiro atoms. The number of thiophene rings is 1. The van der Waals surface area contributed by atoms with E-state index in [1.807, 2.05) is 25.1 Å². The van der Waals surface area contributed by atoms with E-state index in [1.165, 1.54) is 11.3 Å². The summed E-state index contributed by atoms with van der Waals surface area (Å²) >= 11 is 1.55. The molecule has 3 rings (SSSR count). The normalized spacial score (nSPS) is 18.7. The summed E-state index contributed by atoms with van der Waals surface area (Å²) in [6, 6.07) is 6.15. The molecule has 3 N–H and O–H groups in total. The molecule has 5 nitrogen and oxygen atoms in total. The maximum absolute atomic E-state index is 12.1. The minimum atomic E-state index is -0.0965. The first-order chi connectivity index (χ1) is 9.22. The number of aryl methyl sites for hydroxylation is 1. The molecule has 19 heavy (non-hydrogen) atoms. The van der Waals surface area contributed by atoms with Crippen LogP contribution in [0.15, 0.2) is 18.2 Å². The van der Waals surface area contributed by atoms with Crippen LogP contribution in [-0.2, 0) is 0 Å². The Morgan fingerprint density at radius 1 is 1.53 bits per heavy atom. The van der Waals surface area contributed by atoms with E-state index in [1.54, 1.807) is 11.3 Å². The molecule has 0 saturated carbocycles. The highest BCUT2D eigenvalue weighted by molar-refractivity contribution is 7.14. The molecule has 0 aromatic carbocycles. The Morgan fingerprint density at radius 2 is 2.42 bits per heavy atom. The number of nitrogens with zero attached hydrogens (tertiary/aromatic N) is 1. The highest BCUT2D eigenvalue weighted by Crippen LogP contribution is 2.29. The molecule has 0 unspecified atom stereocenters. The second-order valence-corrected chi connectivity index (χ2v) is 5.86. The number of H-pyrrole nitrogens is 1. The van der Waals surface area contributed by atoms with Crippen molar-refractivity contribution in [1.29, 1.82) is 0 Å². The average molecular weight is 276 g/mol. The third-order valence-corrected chi connectivity index (χ3v) is 4.40. The van der Waals surface area contributed by atoms with E-state index in [0.29, 0.717) is 11.9 Å². The Labute approximate surface area is 115 Å². The molecule has 0 bridgehead atoms. The summed E-state index contributed by atoms with van der Waals surface area (Å²) in [6.45, 7) is 2.97. The number of carbonyl (C=O) groups excluding carboxylic acids is 1. The number of aromatic amines is 1. The average Bonchev–Trinajstić information content (AvgIpc) is 3.08. The van der Waals surface area contributed by atoms with Crippen molar-refractivity contribution in [3.63, 3.8) is 0 Å². The lowest BCUT2D eigenvalue weighted by atomic mass is 10.2. The predicted molar refractivity (Wildman–Crippen MR) is 75.6 cm³/mol. The number of rotatable bonds is 3. The van der Waals surface area contributed by atoms with Crippen LogP contribution in [0.3, 0.4) is 0 Å². The van der Waals surface area contributed by atoms with Crippen molar-refractivity contribution in [2.45, 2.75) is 25.8 Å². The van der Waals surface area contributed by atoms with Gasteiger partial charge < -0.3 is 10.6 Å². The molecule has 1 atom stereocenters. The lowest BCUT2D eigenvalue weighted by Gasteiger charge is -2.05. The Hall–Kier alpha value is -1.66. The zero-order valence-electron chi connectivity index (χ0n) is 10.7. The van der Waals surface area contributed by atoms with Crippen LogP contribution in [0.1, 0.15) is 39.1 Å². The highest BCUT2D eigenvalue weighted by Gasteiger charge is 2.19. The van der Waals surface area contributed by atoms with E-state index in [2.05, 4.69) is 20.8 Å². The van der Waals surface area contributed by atoms with Crippen LogP contribution in [0.4, 0.5) is 5.82 Å². The SMILES string of the molecule is Cc1cc(NC(=O)c2ccc([C@@H]3CCCN3)s2)n[nH]1. The number of hydrogen-bond donors (Lipinski definition) is 3. The number of amides is 1. The predicted octanol–water partition coefficient (Wildman–Crippen LogP) is 2.46. The first kappa shape index (κ1) is 12.4. The molecule has 1 aliphatic heterocycles. The van der Waals surface area contributed by atoms with Crippen molar-refractivity contribution >= 4 is 23.1 Å². The summed E-state index contributed by atoms with van der Waals surface area (Å²) in [7, 11) is 0. The standard InChI is InChI=1S/C13H16N4OS/c1-8-7-12(17-16-8)15-13(18)11-5-4-10(19-11)9-3-2-6-14-9/h4-5,7,9,14H,2-3,6H2,1H3,(H2,15,16,17,18)/t9-/m0/s1. The summed E-state index contributed by atoms with van der Waals surface area (Å²) in [6.07, 6.45) is 2.36. The topological polar surface area (TPSA) is 69.8 Å². The zero-order chi connectivity index (χ0) is 13.2. The van der Waals surface area contributed by atoms with Gasteiger partial charge >= 0.3 is 0 Å². The summed E-state index contributed by atoms with van der Waals surface area (Å²) in [5.41, 5.74) is 0.928. The van der Waals surface area contributed by atoms with Gasteiger partial charge in [-0.25, -0.2) is 0 Å². The maximum Gasteiger partial charge on any atom is 0.266 e. The number of anilines is 1. The second kappa shape index (κ2) is 5.14. The molecule has 0 radical (unpaired) electrons. The van der Waals surface area contributed by atoms with Crippen molar-refractivity contribution < 1.29 is 4.79 Å². The van der Waals surface area contributed by atoms with Crippen molar-refractivity contribution in [1.82, 2.24) is 15.5 Å². The molecule has 1 fully saturated rings. The fourth-order valence-electron chi connectivity index (χ4n) is 2.25. The number of aromatic nitrogens is 2. The van der Waals surface area contributed by atoms with Gasteiger partial charge in [0.25, 0.3) is 5.91 Å². The number of nitrogens with one attached hydrogen (secondary N) is 3. The third-order valence-electron chi connectivity index (χ3n) is 3.20. The van der Waals surface area contributed by atoms with Crippen molar-refractivity contribution in [3.05, 3.63) is 33.6 Å². The van der Waals surface area contributed by atoms with Crippen molar-refractivity contribution in [2.75, 3.05) is 11.9 Å². The zero-order valence-corrected chi connectivity index (χ0v) is 11.5. The second-order valence-electron chi connectivity index (χ2n) is 4.74. The Morgan fingerprint density at radius 3 is 3.11 bits per heavy atom.